The summed E-state index contributed by atoms with van der Waals surface area (Å²) in [6, 6.07) is 15.8. The van der Waals surface area contributed by atoms with Crippen LogP contribution in [-0.4, -0.2) is 13.0 Å². The second-order valence-corrected chi connectivity index (χ2v) is 5.19. The molecule has 1 amide bonds. The van der Waals surface area contributed by atoms with Gasteiger partial charge in [0.25, 0.3) is 0 Å². The summed E-state index contributed by atoms with van der Waals surface area (Å²) in [5, 5.41) is 3.02. The molecule has 0 aliphatic rings. The van der Waals surface area contributed by atoms with Crippen molar-refractivity contribution in [3.63, 3.8) is 0 Å². The lowest BCUT2D eigenvalue weighted by Gasteiger charge is -2.15. The number of carbonyl (C=O) groups is 1. The maximum absolute atomic E-state index is 12.2. The SMILES string of the molecule is COc1ccccc1CC(=O)N[C@H](C)c1ccc(C)cc1. The van der Waals surface area contributed by atoms with Gasteiger partial charge in [0.15, 0.2) is 0 Å². The Kier molecular flexibility index (Phi) is 4.99. The average molecular weight is 283 g/mol. The summed E-state index contributed by atoms with van der Waals surface area (Å²) < 4.78 is 5.27. The van der Waals surface area contributed by atoms with Crippen molar-refractivity contribution in [3.05, 3.63) is 65.2 Å². The first-order chi connectivity index (χ1) is 10.1. The van der Waals surface area contributed by atoms with E-state index < -0.39 is 0 Å². The molecule has 0 aliphatic heterocycles. The lowest BCUT2D eigenvalue weighted by Crippen LogP contribution is -2.28. The summed E-state index contributed by atoms with van der Waals surface area (Å²) in [5.74, 6) is 0.739. The molecule has 0 bridgehead atoms. The molecular formula is C18H21NO2. The van der Waals surface area contributed by atoms with Crippen LogP contribution in [0, 0.1) is 6.92 Å². The Hall–Kier alpha value is -2.29. The molecule has 0 aromatic heterocycles. The van der Waals surface area contributed by atoms with Crippen molar-refractivity contribution in [2.24, 2.45) is 0 Å². The highest BCUT2D eigenvalue weighted by molar-refractivity contribution is 5.79. The minimum absolute atomic E-state index is 0.00666. The minimum atomic E-state index is -0.00687. The normalized spacial score (nSPS) is 11.8. The molecule has 0 saturated carbocycles. The molecule has 0 saturated heterocycles. The van der Waals surface area contributed by atoms with Crippen molar-refractivity contribution in [1.29, 1.82) is 0 Å². The van der Waals surface area contributed by atoms with Gasteiger partial charge in [-0.25, -0.2) is 0 Å². The molecule has 0 heterocycles. The smallest absolute Gasteiger partial charge is 0.225 e. The highest BCUT2D eigenvalue weighted by Crippen LogP contribution is 2.18. The Morgan fingerprint density at radius 3 is 2.48 bits per heavy atom. The summed E-state index contributed by atoms with van der Waals surface area (Å²) in [5.41, 5.74) is 3.22. The number of nitrogens with one attached hydrogen (secondary N) is 1. The fourth-order valence-corrected chi connectivity index (χ4v) is 2.25. The maximum atomic E-state index is 12.2. The first-order valence-electron chi connectivity index (χ1n) is 7.08. The lowest BCUT2D eigenvalue weighted by molar-refractivity contribution is -0.121. The highest BCUT2D eigenvalue weighted by Gasteiger charge is 2.12. The van der Waals surface area contributed by atoms with Crippen molar-refractivity contribution >= 4 is 5.91 Å². The summed E-state index contributed by atoms with van der Waals surface area (Å²) in [4.78, 5) is 12.2. The number of aryl methyl sites for hydroxylation is 1. The summed E-state index contributed by atoms with van der Waals surface area (Å²) in [6.07, 6.45) is 0.320. The van der Waals surface area contributed by atoms with E-state index in [1.165, 1.54) is 5.56 Å². The molecule has 2 rings (SSSR count). The number of hydrogen-bond acceptors (Lipinski definition) is 2. The molecular weight excluding hydrogens is 262 g/mol. The van der Waals surface area contributed by atoms with Crippen LogP contribution in [-0.2, 0) is 11.2 Å². The second-order valence-electron chi connectivity index (χ2n) is 5.19. The number of amides is 1. The van der Waals surface area contributed by atoms with Gasteiger partial charge in [-0.05, 0) is 25.5 Å². The van der Waals surface area contributed by atoms with Crippen molar-refractivity contribution in [2.75, 3.05) is 7.11 Å². The highest BCUT2D eigenvalue weighted by atomic mass is 16.5. The maximum Gasteiger partial charge on any atom is 0.225 e. The van der Waals surface area contributed by atoms with Crippen LogP contribution in [0.4, 0.5) is 0 Å². The van der Waals surface area contributed by atoms with Crippen molar-refractivity contribution < 1.29 is 9.53 Å². The fourth-order valence-electron chi connectivity index (χ4n) is 2.25. The molecule has 0 spiro atoms. The zero-order chi connectivity index (χ0) is 15.2. The van der Waals surface area contributed by atoms with Gasteiger partial charge in [-0.2, -0.15) is 0 Å². The third-order valence-corrected chi connectivity index (χ3v) is 3.50. The van der Waals surface area contributed by atoms with Gasteiger partial charge >= 0.3 is 0 Å². The number of benzene rings is 2. The van der Waals surface area contributed by atoms with E-state index in [1.807, 2.05) is 43.3 Å². The largest absolute Gasteiger partial charge is 0.496 e. The standard InChI is InChI=1S/C18H21NO2/c1-13-8-10-15(11-9-13)14(2)19-18(20)12-16-6-4-5-7-17(16)21-3/h4-11,14H,12H2,1-3H3,(H,19,20)/t14-/m1/s1. The molecule has 1 atom stereocenters. The Balaban J connectivity index is 1.99. The topological polar surface area (TPSA) is 38.3 Å². The van der Waals surface area contributed by atoms with Crippen molar-refractivity contribution in [1.82, 2.24) is 5.32 Å². The van der Waals surface area contributed by atoms with E-state index >= 15 is 0 Å². The van der Waals surface area contributed by atoms with Crippen LogP contribution in [0.25, 0.3) is 0 Å². The Morgan fingerprint density at radius 2 is 1.81 bits per heavy atom. The molecule has 3 nitrogen and oxygen atoms in total. The molecule has 2 aromatic carbocycles. The van der Waals surface area contributed by atoms with Crippen molar-refractivity contribution in [3.8, 4) is 5.75 Å². The average Bonchev–Trinajstić information content (AvgIpc) is 2.48. The van der Waals surface area contributed by atoms with Gasteiger partial charge in [0.05, 0.1) is 19.6 Å². The van der Waals surface area contributed by atoms with Crippen LogP contribution < -0.4 is 10.1 Å². The van der Waals surface area contributed by atoms with Gasteiger partial charge in [0, 0.05) is 5.56 Å². The number of para-hydroxylation sites is 1. The third kappa shape index (κ3) is 4.09. The molecule has 110 valence electrons. The molecule has 2 aromatic rings. The van der Waals surface area contributed by atoms with E-state index in [9.17, 15) is 4.79 Å². The monoisotopic (exact) mass is 283 g/mol. The molecule has 1 N–H and O–H groups in total. The Labute approximate surface area is 126 Å². The van der Waals surface area contributed by atoms with Crippen molar-refractivity contribution in [2.45, 2.75) is 26.3 Å². The van der Waals surface area contributed by atoms with E-state index in [2.05, 4.69) is 24.4 Å². The van der Waals surface area contributed by atoms with Crippen LogP contribution in [0.3, 0.4) is 0 Å². The number of carbonyl (C=O) groups excluding carboxylic acids is 1. The van der Waals surface area contributed by atoms with Crippen LogP contribution in [0.2, 0.25) is 0 Å². The van der Waals surface area contributed by atoms with Crippen LogP contribution in [0.15, 0.2) is 48.5 Å². The van der Waals surface area contributed by atoms with E-state index in [0.29, 0.717) is 6.42 Å². The van der Waals surface area contributed by atoms with Gasteiger partial charge in [0.1, 0.15) is 5.75 Å². The quantitative estimate of drug-likeness (QED) is 0.913. The van der Waals surface area contributed by atoms with E-state index in [4.69, 9.17) is 4.74 Å². The lowest BCUT2D eigenvalue weighted by atomic mass is 10.1. The zero-order valence-electron chi connectivity index (χ0n) is 12.7. The molecule has 21 heavy (non-hydrogen) atoms. The van der Waals surface area contributed by atoms with Crippen LogP contribution in [0.1, 0.15) is 29.7 Å². The number of hydrogen-bond donors (Lipinski definition) is 1. The first kappa shape index (κ1) is 15.1. The zero-order valence-corrected chi connectivity index (χ0v) is 12.7. The van der Waals surface area contributed by atoms with Crippen LogP contribution in [0.5, 0.6) is 5.75 Å². The Morgan fingerprint density at radius 1 is 1.14 bits per heavy atom. The predicted molar refractivity (Wildman–Crippen MR) is 84.4 cm³/mol. The number of ether oxygens (including phenoxy) is 1. The Bertz CT molecular complexity index is 605. The van der Waals surface area contributed by atoms with E-state index in [1.54, 1.807) is 7.11 Å². The second kappa shape index (κ2) is 6.93. The van der Waals surface area contributed by atoms with Gasteiger partial charge < -0.3 is 10.1 Å². The summed E-state index contributed by atoms with van der Waals surface area (Å²) in [7, 11) is 1.62. The van der Waals surface area contributed by atoms with Gasteiger partial charge in [-0.3, -0.25) is 4.79 Å². The summed E-state index contributed by atoms with van der Waals surface area (Å²) in [6.45, 7) is 4.04. The molecule has 0 unspecified atom stereocenters. The fraction of sp³-hybridized carbons (Fsp3) is 0.278. The predicted octanol–water partition coefficient (Wildman–Crippen LogP) is 3.42. The molecule has 0 aliphatic carbocycles. The summed E-state index contributed by atoms with van der Waals surface area (Å²) >= 11 is 0. The van der Waals surface area contributed by atoms with E-state index in [-0.39, 0.29) is 11.9 Å². The van der Waals surface area contributed by atoms with Gasteiger partial charge in [-0.1, -0.05) is 48.0 Å². The minimum Gasteiger partial charge on any atom is -0.496 e. The van der Waals surface area contributed by atoms with Crippen LogP contribution >= 0.6 is 0 Å². The van der Waals surface area contributed by atoms with E-state index in [0.717, 1.165) is 16.9 Å². The van der Waals surface area contributed by atoms with Gasteiger partial charge in [0.2, 0.25) is 5.91 Å². The first-order valence-corrected chi connectivity index (χ1v) is 7.08. The molecule has 0 radical (unpaired) electrons. The number of rotatable bonds is 5. The van der Waals surface area contributed by atoms with Gasteiger partial charge in [-0.15, -0.1) is 0 Å². The third-order valence-electron chi connectivity index (χ3n) is 3.50. The molecule has 3 heteroatoms. The number of methoxy groups -OCH3 is 1. The molecule has 0 fully saturated rings.